The predicted molar refractivity (Wildman–Crippen MR) is 87.2 cm³/mol. The number of nitrogens with zero attached hydrogens (tertiary/aromatic N) is 1. The number of aryl methyl sites for hydroxylation is 1. The van der Waals surface area contributed by atoms with E-state index >= 15 is 0 Å². The zero-order valence-electron chi connectivity index (χ0n) is 13.2. The van der Waals surface area contributed by atoms with Gasteiger partial charge >= 0.3 is 12.0 Å². The highest BCUT2D eigenvalue weighted by atomic mass is 32.2. The van der Waals surface area contributed by atoms with Gasteiger partial charge in [-0.25, -0.2) is 4.79 Å². The van der Waals surface area contributed by atoms with Crippen LogP contribution in [-0.4, -0.2) is 47.8 Å². The van der Waals surface area contributed by atoms with Gasteiger partial charge in [0.1, 0.15) is 0 Å². The maximum Gasteiger partial charge on any atom is 0.324 e. The molecule has 124 valence electrons. The summed E-state index contributed by atoms with van der Waals surface area (Å²) in [5.41, 5.74) is 1.19. The number of amides is 3. The van der Waals surface area contributed by atoms with E-state index in [1.807, 2.05) is 31.2 Å². The van der Waals surface area contributed by atoms with Gasteiger partial charge < -0.3 is 10.1 Å². The molecule has 7 heteroatoms. The molecular weight excluding hydrogens is 316 g/mol. The molecule has 0 bridgehead atoms. The molecule has 1 aliphatic rings. The smallest absolute Gasteiger partial charge is 0.324 e. The number of urea groups is 1. The van der Waals surface area contributed by atoms with E-state index in [0.717, 1.165) is 9.80 Å². The summed E-state index contributed by atoms with van der Waals surface area (Å²) >= 11 is 1.56. The van der Waals surface area contributed by atoms with E-state index in [1.165, 1.54) is 12.5 Å². The fraction of sp³-hybridized carbons (Fsp3) is 0.438. The summed E-state index contributed by atoms with van der Waals surface area (Å²) in [4.78, 5) is 37.4. The van der Waals surface area contributed by atoms with Crippen molar-refractivity contribution in [2.24, 2.45) is 0 Å². The van der Waals surface area contributed by atoms with Crippen molar-refractivity contribution >= 4 is 29.7 Å². The zero-order valence-corrected chi connectivity index (χ0v) is 14.0. The molecule has 1 atom stereocenters. The Morgan fingerprint density at radius 1 is 1.35 bits per heavy atom. The lowest BCUT2D eigenvalue weighted by Crippen LogP contribution is -2.41. The second-order valence-electron chi connectivity index (χ2n) is 5.27. The van der Waals surface area contributed by atoms with E-state index in [9.17, 15) is 14.4 Å². The Labute approximate surface area is 139 Å². The molecule has 1 heterocycles. The summed E-state index contributed by atoms with van der Waals surface area (Å²) in [6.07, 6.45) is -0.738. The number of hydrogen-bond acceptors (Lipinski definition) is 5. The summed E-state index contributed by atoms with van der Waals surface area (Å²) in [6, 6.07) is 7.60. The van der Waals surface area contributed by atoms with Crippen molar-refractivity contribution in [2.45, 2.75) is 31.3 Å². The third-order valence-electron chi connectivity index (χ3n) is 3.37. The highest BCUT2D eigenvalue weighted by Crippen LogP contribution is 2.19. The van der Waals surface area contributed by atoms with Crippen molar-refractivity contribution in [3.8, 4) is 0 Å². The van der Waals surface area contributed by atoms with Gasteiger partial charge in [0.2, 0.25) is 0 Å². The minimum atomic E-state index is -0.948. The molecule has 0 aromatic heterocycles. The molecule has 3 amide bonds. The fourth-order valence-corrected chi connectivity index (χ4v) is 2.93. The predicted octanol–water partition coefficient (Wildman–Crippen LogP) is 1.96. The number of thioether (sulfide) groups is 1. The average Bonchev–Trinajstić information content (AvgIpc) is 2.94. The Hall–Kier alpha value is -2.02. The number of nitrogens with one attached hydrogen (secondary N) is 1. The number of benzene rings is 1. The Morgan fingerprint density at radius 3 is 2.65 bits per heavy atom. The molecule has 0 spiro atoms. The van der Waals surface area contributed by atoms with Gasteiger partial charge in [0, 0.05) is 23.7 Å². The van der Waals surface area contributed by atoms with Crippen LogP contribution >= 0.6 is 11.8 Å². The summed E-state index contributed by atoms with van der Waals surface area (Å²) in [5, 5.41) is 2.54. The van der Waals surface area contributed by atoms with Gasteiger partial charge in [0.25, 0.3) is 5.91 Å². The summed E-state index contributed by atoms with van der Waals surface area (Å²) in [5.74, 6) is -0.350. The van der Waals surface area contributed by atoms with Gasteiger partial charge in [-0.05, 0) is 26.0 Å². The van der Waals surface area contributed by atoms with Crippen LogP contribution in [0, 0.1) is 6.92 Å². The van der Waals surface area contributed by atoms with E-state index in [2.05, 4.69) is 5.32 Å². The van der Waals surface area contributed by atoms with E-state index in [0.29, 0.717) is 18.8 Å². The third kappa shape index (κ3) is 4.99. The van der Waals surface area contributed by atoms with E-state index in [1.54, 1.807) is 11.8 Å². The monoisotopic (exact) mass is 336 g/mol. The van der Waals surface area contributed by atoms with Crippen molar-refractivity contribution in [1.82, 2.24) is 10.2 Å². The molecule has 0 radical (unpaired) electrons. The van der Waals surface area contributed by atoms with Crippen LogP contribution in [-0.2, 0) is 14.3 Å². The largest absolute Gasteiger partial charge is 0.452 e. The van der Waals surface area contributed by atoms with Crippen LogP contribution in [0.4, 0.5) is 4.79 Å². The molecule has 23 heavy (non-hydrogen) atoms. The van der Waals surface area contributed by atoms with Crippen LogP contribution in [0.2, 0.25) is 0 Å². The van der Waals surface area contributed by atoms with E-state index < -0.39 is 24.0 Å². The SMILES string of the molecule is Cc1ccc(SCCC(=O)OC(C)C(=O)N2CCNC2=O)cc1. The minimum absolute atomic E-state index is 0.211. The molecule has 2 rings (SSSR count). The lowest BCUT2D eigenvalue weighted by Gasteiger charge is -2.18. The molecular formula is C16H20N2O4S. The van der Waals surface area contributed by atoms with Crippen LogP contribution < -0.4 is 5.32 Å². The normalized spacial score (nSPS) is 15.2. The fourth-order valence-electron chi connectivity index (χ4n) is 2.09. The second-order valence-corrected chi connectivity index (χ2v) is 6.43. The molecule has 1 aromatic carbocycles. The first-order valence-electron chi connectivity index (χ1n) is 7.45. The zero-order chi connectivity index (χ0) is 16.8. The highest BCUT2D eigenvalue weighted by Gasteiger charge is 2.31. The Kier molecular flexibility index (Phi) is 6.04. The molecule has 1 aromatic rings. The number of hydrogen-bond donors (Lipinski definition) is 1. The Balaban J connectivity index is 1.72. The van der Waals surface area contributed by atoms with Crippen LogP contribution in [0.1, 0.15) is 18.9 Å². The van der Waals surface area contributed by atoms with E-state index in [-0.39, 0.29) is 6.42 Å². The first-order valence-corrected chi connectivity index (χ1v) is 8.44. The standard InChI is InChI=1S/C16H20N2O4S/c1-11-3-5-13(6-4-11)23-10-7-14(19)22-12(2)15(20)18-9-8-17-16(18)21/h3-6,12H,7-10H2,1-2H3,(H,17,21). The van der Waals surface area contributed by atoms with Crippen molar-refractivity contribution < 1.29 is 19.1 Å². The van der Waals surface area contributed by atoms with Crippen molar-refractivity contribution in [2.75, 3.05) is 18.8 Å². The maximum absolute atomic E-state index is 12.0. The summed E-state index contributed by atoms with van der Waals surface area (Å²) < 4.78 is 5.11. The first kappa shape index (κ1) is 17.3. The minimum Gasteiger partial charge on any atom is -0.452 e. The summed E-state index contributed by atoms with van der Waals surface area (Å²) in [7, 11) is 0. The first-order chi connectivity index (χ1) is 11.0. The second kappa shape index (κ2) is 8.01. The quantitative estimate of drug-likeness (QED) is 0.635. The van der Waals surface area contributed by atoms with Crippen molar-refractivity contribution in [3.63, 3.8) is 0 Å². The lowest BCUT2D eigenvalue weighted by atomic mass is 10.2. The maximum atomic E-state index is 12.0. The number of esters is 1. The van der Waals surface area contributed by atoms with Gasteiger partial charge in [-0.3, -0.25) is 14.5 Å². The lowest BCUT2D eigenvalue weighted by molar-refractivity contribution is -0.157. The molecule has 6 nitrogen and oxygen atoms in total. The Morgan fingerprint density at radius 2 is 2.04 bits per heavy atom. The molecule has 0 aliphatic carbocycles. The number of imide groups is 1. The Bertz CT molecular complexity index is 588. The average molecular weight is 336 g/mol. The molecule has 0 saturated carbocycles. The van der Waals surface area contributed by atoms with E-state index in [4.69, 9.17) is 4.74 Å². The van der Waals surface area contributed by atoms with Gasteiger partial charge in [-0.2, -0.15) is 0 Å². The van der Waals surface area contributed by atoms with Crippen molar-refractivity contribution in [3.05, 3.63) is 29.8 Å². The number of carbonyl (C=O) groups excluding carboxylic acids is 3. The molecule has 1 unspecified atom stereocenters. The van der Waals surface area contributed by atoms with Gasteiger partial charge in [-0.15, -0.1) is 11.8 Å². The van der Waals surface area contributed by atoms with Gasteiger partial charge in [0.15, 0.2) is 6.10 Å². The topological polar surface area (TPSA) is 75.7 Å². The number of ether oxygens (including phenoxy) is 1. The number of rotatable bonds is 6. The molecule has 1 aliphatic heterocycles. The molecule has 1 saturated heterocycles. The van der Waals surface area contributed by atoms with Crippen LogP contribution in [0.3, 0.4) is 0 Å². The van der Waals surface area contributed by atoms with Crippen LogP contribution in [0.15, 0.2) is 29.2 Å². The van der Waals surface area contributed by atoms with Gasteiger partial charge in [0.05, 0.1) is 6.42 Å². The van der Waals surface area contributed by atoms with Gasteiger partial charge in [-0.1, -0.05) is 17.7 Å². The van der Waals surface area contributed by atoms with Crippen LogP contribution in [0.5, 0.6) is 0 Å². The van der Waals surface area contributed by atoms with Crippen LogP contribution in [0.25, 0.3) is 0 Å². The number of carbonyl (C=O) groups is 3. The molecule has 1 N–H and O–H groups in total. The third-order valence-corrected chi connectivity index (χ3v) is 4.39. The van der Waals surface area contributed by atoms with Crippen molar-refractivity contribution in [1.29, 1.82) is 0 Å². The highest BCUT2D eigenvalue weighted by molar-refractivity contribution is 7.99. The molecule has 1 fully saturated rings. The summed E-state index contributed by atoms with van der Waals surface area (Å²) in [6.45, 7) is 4.24.